The summed E-state index contributed by atoms with van der Waals surface area (Å²) in [4.78, 5) is 2.14. The van der Waals surface area contributed by atoms with Crippen LogP contribution in [-0.2, 0) is 0 Å². The van der Waals surface area contributed by atoms with Crippen LogP contribution < -0.4 is 5.32 Å². The first-order valence-electron chi connectivity index (χ1n) is 6.17. The van der Waals surface area contributed by atoms with Crippen LogP contribution in [0.1, 0.15) is 17.2 Å². The molecule has 1 saturated heterocycles. The molecule has 1 aromatic rings. The average Bonchev–Trinajstić information content (AvgIpc) is 2.44. The molecule has 0 spiro atoms. The van der Waals surface area contributed by atoms with Crippen LogP contribution in [0.15, 0.2) is 24.8 Å². The highest BCUT2D eigenvalue weighted by Gasteiger charge is 2.24. The molecule has 0 bridgehead atoms. The fraction of sp³-hybridized carbons (Fsp3) is 0.357. The zero-order chi connectivity index (χ0) is 13.8. The van der Waals surface area contributed by atoms with Crippen molar-refractivity contribution in [2.45, 2.75) is 6.04 Å². The SMILES string of the molecule is C=C[C@H](c1ccc(F)c(C#N)c1O)N1CCNCC1. The highest BCUT2D eigenvalue weighted by Crippen LogP contribution is 2.33. The monoisotopic (exact) mass is 261 g/mol. The third kappa shape index (κ3) is 2.60. The van der Waals surface area contributed by atoms with Gasteiger partial charge in [-0.25, -0.2) is 4.39 Å². The molecule has 1 aliphatic rings. The van der Waals surface area contributed by atoms with E-state index < -0.39 is 5.82 Å². The number of hydrogen-bond acceptors (Lipinski definition) is 4. The van der Waals surface area contributed by atoms with E-state index in [1.54, 1.807) is 12.1 Å². The maximum absolute atomic E-state index is 13.4. The molecule has 2 N–H and O–H groups in total. The Morgan fingerprint density at radius 2 is 2.16 bits per heavy atom. The lowest BCUT2D eigenvalue weighted by molar-refractivity contribution is 0.200. The number of phenols is 1. The number of aromatic hydroxyl groups is 1. The van der Waals surface area contributed by atoms with Gasteiger partial charge < -0.3 is 10.4 Å². The lowest BCUT2D eigenvalue weighted by Gasteiger charge is -2.33. The summed E-state index contributed by atoms with van der Waals surface area (Å²) in [5.41, 5.74) is 0.217. The molecule has 0 amide bonds. The van der Waals surface area contributed by atoms with E-state index in [1.807, 2.05) is 0 Å². The van der Waals surface area contributed by atoms with E-state index in [9.17, 15) is 9.50 Å². The van der Waals surface area contributed by atoms with Gasteiger partial charge in [0.15, 0.2) is 0 Å². The van der Waals surface area contributed by atoms with E-state index in [1.165, 1.54) is 12.1 Å². The number of phenolic OH excluding ortho intramolecular Hbond substituents is 1. The second-order valence-electron chi connectivity index (χ2n) is 4.44. The second-order valence-corrected chi connectivity index (χ2v) is 4.44. The van der Waals surface area contributed by atoms with Gasteiger partial charge in [0, 0.05) is 31.7 Å². The summed E-state index contributed by atoms with van der Waals surface area (Å²) < 4.78 is 13.4. The third-order valence-electron chi connectivity index (χ3n) is 3.36. The maximum atomic E-state index is 13.4. The number of rotatable bonds is 3. The minimum absolute atomic E-state index is 0.213. The molecule has 1 aromatic carbocycles. The van der Waals surface area contributed by atoms with Gasteiger partial charge in [-0.2, -0.15) is 5.26 Å². The van der Waals surface area contributed by atoms with E-state index in [0.717, 1.165) is 26.2 Å². The maximum Gasteiger partial charge on any atom is 0.144 e. The first kappa shape index (κ1) is 13.5. The normalized spacial score (nSPS) is 17.7. The largest absolute Gasteiger partial charge is 0.506 e. The van der Waals surface area contributed by atoms with Crippen molar-refractivity contribution in [2.75, 3.05) is 26.2 Å². The highest BCUT2D eigenvalue weighted by molar-refractivity contribution is 5.50. The van der Waals surface area contributed by atoms with Gasteiger partial charge in [0.1, 0.15) is 23.2 Å². The molecule has 19 heavy (non-hydrogen) atoms. The first-order chi connectivity index (χ1) is 9.19. The number of nitrogens with zero attached hydrogens (tertiary/aromatic N) is 2. The fourth-order valence-corrected chi connectivity index (χ4v) is 2.36. The summed E-state index contributed by atoms with van der Waals surface area (Å²) in [5, 5.41) is 22.2. The molecule has 100 valence electrons. The minimum Gasteiger partial charge on any atom is -0.506 e. The molecular formula is C14H16FN3O. The van der Waals surface area contributed by atoms with E-state index in [2.05, 4.69) is 16.8 Å². The smallest absolute Gasteiger partial charge is 0.144 e. The van der Waals surface area contributed by atoms with Crippen molar-refractivity contribution in [3.63, 3.8) is 0 Å². The standard InChI is InChI=1S/C14H16FN3O/c1-2-13(18-7-5-17-6-8-18)10-3-4-12(15)11(9-16)14(10)19/h2-4,13,17,19H,1,5-8H2/t13-/m1/s1. The molecule has 4 nitrogen and oxygen atoms in total. The Morgan fingerprint density at radius 1 is 1.47 bits per heavy atom. The Labute approximate surface area is 111 Å². The molecule has 0 unspecified atom stereocenters. The Hall–Kier alpha value is -1.90. The third-order valence-corrected chi connectivity index (χ3v) is 3.36. The lowest BCUT2D eigenvalue weighted by atomic mass is 10.00. The van der Waals surface area contributed by atoms with Crippen LogP contribution in [0.25, 0.3) is 0 Å². The summed E-state index contributed by atoms with van der Waals surface area (Å²) in [6, 6.07) is 4.21. The molecule has 5 heteroatoms. The van der Waals surface area contributed by atoms with Crippen molar-refractivity contribution < 1.29 is 9.50 Å². The van der Waals surface area contributed by atoms with Crippen molar-refractivity contribution in [1.29, 1.82) is 5.26 Å². The van der Waals surface area contributed by atoms with Gasteiger partial charge in [-0.05, 0) is 6.07 Å². The van der Waals surface area contributed by atoms with Crippen LogP contribution in [0, 0.1) is 17.1 Å². The molecule has 0 radical (unpaired) electrons. The predicted octanol–water partition coefficient (Wildman–Crippen LogP) is 1.54. The number of benzene rings is 1. The summed E-state index contributed by atoms with van der Waals surface area (Å²) in [7, 11) is 0. The fourth-order valence-electron chi connectivity index (χ4n) is 2.36. The second kappa shape index (κ2) is 5.83. The lowest BCUT2D eigenvalue weighted by Crippen LogP contribution is -2.44. The Kier molecular flexibility index (Phi) is 4.15. The molecule has 1 heterocycles. The van der Waals surface area contributed by atoms with Crippen molar-refractivity contribution in [2.24, 2.45) is 0 Å². The average molecular weight is 261 g/mol. The number of nitrogens with one attached hydrogen (secondary N) is 1. The zero-order valence-electron chi connectivity index (χ0n) is 10.6. The van der Waals surface area contributed by atoms with Gasteiger partial charge in [0.05, 0.1) is 6.04 Å². The molecule has 1 fully saturated rings. The minimum atomic E-state index is -0.702. The van der Waals surface area contributed by atoms with Crippen molar-refractivity contribution >= 4 is 0 Å². The Balaban J connectivity index is 2.38. The topological polar surface area (TPSA) is 59.3 Å². The van der Waals surface area contributed by atoms with Crippen molar-refractivity contribution in [3.8, 4) is 11.8 Å². The predicted molar refractivity (Wildman–Crippen MR) is 70.2 cm³/mol. The summed E-state index contributed by atoms with van der Waals surface area (Å²) in [6.07, 6.45) is 1.71. The number of nitriles is 1. The zero-order valence-corrected chi connectivity index (χ0v) is 10.6. The highest BCUT2D eigenvalue weighted by atomic mass is 19.1. The summed E-state index contributed by atoms with van der Waals surface area (Å²) >= 11 is 0. The quantitative estimate of drug-likeness (QED) is 0.810. The van der Waals surface area contributed by atoms with Crippen LogP contribution in [0.2, 0.25) is 0 Å². The first-order valence-corrected chi connectivity index (χ1v) is 6.17. The van der Waals surface area contributed by atoms with Gasteiger partial charge in [0.25, 0.3) is 0 Å². The van der Waals surface area contributed by atoms with Gasteiger partial charge in [0.2, 0.25) is 0 Å². The Morgan fingerprint density at radius 3 is 2.74 bits per heavy atom. The van der Waals surface area contributed by atoms with E-state index in [4.69, 9.17) is 5.26 Å². The molecule has 0 aromatic heterocycles. The van der Waals surface area contributed by atoms with Crippen LogP contribution in [0.3, 0.4) is 0 Å². The number of piperazine rings is 1. The molecule has 1 aliphatic heterocycles. The van der Waals surface area contributed by atoms with Gasteiger partial charge in [-0.3, -0.25) is 4.90 Å². The van der Waals surface area contributed by atoms with Gasteiger partial charge in [-0.1, -0.05) is 12.1 Å². The number of halogens is 1. The number of hydrogen-bond donors (Lipinski definition) is 2. The molecule has 0 aliphatic carbocycles. The van der Waals surface area contributed by atoms with Crippen LogP contribution in [0.5, 0.6) is 5.75 Å². The molecule has 1 atom stereocenters. The summed E-state index contributed by atoms with van der Waals surface area (Å²) in [6.45, 7) is 7.13. The van der Waals surface area contributed by atoms with E-state index in [0.29, 0.717) is 5.56 Å². The molecule has 0 saturated carbocycles. The van der Waals surface area contributed by atoms with Crippen molar-refractivity contribution in [3.05, 3.63) is 41.7 Å². The molecule has 2 rings (SSSR count). The van der Waals surface area contributed by atoms with Crippen LogP contribution in [-0.4, -0.2) is 36.2 Å². The van der Waals surface area contributed by atoms with E-state index >= 15 is 0 Å². The van der Waals surface area contributed by atoms with E-state index in [-0.39, 0.29) is 17.4 Å². The van der Waals surface area contributed by atoms with Gasteiger partial charge in [-0.15, -0.1) is 6.58 Å². The van der Waals surface area contributed by atoms with Crippen LogP contribution in [0.4, 0.5) is 4.39 Å². The Bertz CT molecular complexity index is 518. The van der Waals surface area contributed by atoms with Gasteiger partial charge >= 0.3 is 0 Å². The summed E-state index contributed by atoms with van der Waals surface area (Å²) in [5.74, 6) is -0.988. The van der Waals surface area contributed by atoms with Crippen molar-refractivity contribution in [1.82, 2.24) is 10.2 Å². The van der Waals surface area contributed by atoms with Crippen LogP contribution >= 0.6 is 0 Å². The molecular weight excluding hydrogens is 245 g/mol.